The summed E-state index contributed by atoms with van der Waals surface area (Å²) >= 11 is 0. The van der Waals surface area contributed by atoms with Crippen LogP contribution in [0.5, 0.6) is 0 Å². The second-order valence-corrected chi connectivity index (χ2v) is 9.69. The van der Waals surface area contributed by atoms with Crippen LogP contribution in [0.3, 0.4) is 0 Å². The van der Waals surface area contributed by atoms with Gasteiger partial charge >= 0.3 is 11.9 Å². The number of carboxylic acids is 2. The molecule has 0 bridgehead atoms. The van der Waals surface area contributed by atoms with Gasteiger partial charge in [0.1, 0.15) is 12.1 Å². The van der Waals surface area contributed by atoms with Crippen LogP contribution in [-0.2, 0) is 14.4 Å². The van der Waals surface area contributed by atoms with Crippen LogP contribution in [0.4, 0.5) is 0 Å². The van der Waals surface area contributed by atoms with Gasteiger partial charge in [0.15, 0.2) is 0 Å². The van der Waals surface area contributed by atoms with Gasteiger partial charge in [-0.25, -0.2) is 9.59 Å². The Bertz CT molecular complexity index is 1000. The summed E-state index contributed by atoms with van der Waals surface area (Å²) in [6.07, 6.45) is 8.73. The number of hydrogen-bond acceptors (Lipinski definition) is 6. The first kappa shape index (κ1) is 30.5. The summed E-state index contributed by atoms with van der Waals surface area (Å²) in [6, 6.07) is 9.84. The minimum atomic E-state index is -1.26. The fourth-order valence-electron chi connectivity index (χ4n) is 5.00. The Balaban J connectivity index is 0.000000550. The van der Waals surface area contributed by atoms with E-state index >= 15 is 0 Å². The second-order valence-electron chi connectivity index (χ2n) is 9.69. The Hall–Kier alpha value is -3.71. The van der Waals surface area contributed by atoms with E-state index in [0.29, 0.717) is 36.5 Å². The standard InChI is InChI=1S/C24H34N4O2.C4H4O4/c1-2-16-28-17-10-20(11-18-28)19-6-8-21(9-7-19)22(29)27-24(12-4-3-5-13-24)23(30)26-15-14-25;5-3(6)1-2-4(7)8/h6-9,20H,2-5,10-13,15-18H2,1H3,(H,26,30)(H,27,29);1-2H,(H,5,6)(H,7,8). The molecule has 0 atom stereocenters. The molecule has 1 aliphatic heterocycles. The molecule has 4 N–H and O–H groups in total. The van der Waals surface area contributed by atoms with E-state index < -0.39 is 17.5 Å². The van der Waals surface area contributed by atoms with Crippen molar-refractivity contribution in [3.05, 3.63) is 47.5 Å². The fraction of sp³-hybridized carbons (Fsp3) is 0.536. The lowest BCUT2D eigenvalue weighted by molar-refractivity contribution is -0.134. The van der Waals surface area contributed by atoms with Crippen LogP contribution in [-0.4, -0.2) is 70.6 Å². The number of aliphatic carboxylic acids is 2. The summed E-state index contributed by atoms with van der Waals surface area (Å²) in [5.74, 6) is -2.42. The number of benzene rings is 1. The average Bonchev–Trinajstić information content (AvgIpc) is 2.92. The lowest BCUT2D eigenvalue weighted by atomic mass is 9.80. The third kappa shape index (κ3) is 9.63. The highest BCUT2D eigenvalue weighted by molar-refractivity contribution is 5.99. The maximum atomic E-state index is 12.9. The lowest BCUT2D eigenvalue weighted by Gasteiger charge is -2.36. The third-order valence-corrected chi connectivity index (χ3v) is 6.96. The molecule has 0 unspecified atom stereocenters. The number of carbonyl (C=O) groups is 4. The number of carbonyl (C=O) groups excluding carboxylic acids is 2. The number of rotatable bonds is 9. The summed E-state index contributed by atoms with van der Waals surface area (Å²) < 4.78 is 0. The van der Waals surface area contributed by atoms with E-state index in [-0.39, 0.29) is 18.4 Å². The first-order chi connectivity index (χ1) is 18.2. The third-order valence-electron chi connectivity index (χ3n) is 6.96. The van der Waals surface area contributed by atoms with Crippen LogP contribution in [0.1, 0.15) is 80.1 Å². The molecule has 1 aliphatic carbocycles. The van der Waals surface area contributed by atoms with Crippen LogP contribution in [0.2, 0.25) is 0 Å². The van der Waals surface area contributed by atoms with Crippen molar-refractivity contribution in [1.82, 2.24) is 15.5 Å². The van der Waals surface area contributed by atoms with Crippen LogP contribution in [0, 0.1) is 11.3 Å². The predicted molar refractivity (Wildman–Crippen MR) is 141 cm³/mol. The molecule has 0 spiro atoms. The van der Waals surface area contributed by atoms with Gasteiger partial charge in [-0.3, -0.25) is 9.59 Å². The first-order valence-corrected chi connectivity index (χ1v) is 13.1. The van der Waals surface area contributed by atoms with Gasteiger partial charge in [0.2, 0.25) is 5.91 Å². The zero-order valence-corrected chi connectivity index (χ0v) is 21.9. The largest absolute Gasteiger partial charge is 0.478 e. The molecule has 1 aromatic carbocycles. The zero-order chi connectivity index (χ0) is 28.0. The monoisotopic (exact) mass is 526 g/mol. The number of likely N-dealkylation sites (tertiary alicyclic amines) is 1. The molecule has 2 fully saturated rings. The molecule has 0 radical (unpaired) electrons. The number of piperidine rings is 1. The van der Waals surface area contributed by atoms with Gasteiger partial charge < -0.3 is 25.7 Å². The van der Waals surface area contributed by atoms with Crippen molar-refractivity contribution in [2.45, 2.75) is 69.7 Å². The molecule has 206 valence electrons. The van der Waals surface area contributed by atoms with Gasteiger partial charge in [0, 0.05) is 17.7 Å². The van der Waals surface area contributed by atoms with Crippen molar-refractivity contribution in [1.29, 1.82) is 5.26 Å². The summed E-state index contributed by atoms with van der Waals surface area (Å²) in [5.41, 5.74) is 0.971. The van der Waals surface area contributed by atoms with Crippen LogP contribution in [0.25, 0.3) is 0 Å². The first-order valence-electron chi connectivity index (χ1n) is 13.1. The van der Waals surface area contributed by atoms with E-state index in [1.807, 2.05) is 18.2 Å². The summed E-state index contributed by atoms with van der Waals surface area (Å²) in [5, 5.41) is 30.1. The topological polar surface area (TPSA) is 160 Å². The Morgan fingerprint density at radius 1 is 1.03 bits per heavy atom. The van der Waals surface area contributed by atoms with Crippen molar-refractivity contribution in [3.8, 4) is 6.07 Å². The molecule has 10 heteroatoms. The highest BCUT2D eigenvalue weighted by Gasteiger charge is 2.40. The van der Waals surface area contributed by atoms with E-state index in [2.05, 4.69) is 34.6 Å². The molecule has 1 aromatic rings. The minimum absolute atomic E-state index is 0.0395. The van der Waals surface area contributed by atoms with Gasteiger partial charge in [-0.05, 0) is 75.4 Å². The zero-order valence-electron chi connectivity index (χ0n) is 21.9. The number of nitriles is 1. The molecular formula is C28H38N4O6. The maximum absolute atomic E-state index is 12.9. The Morgan fingerprint density at radius 3 is 2.11 bits per heavy atom. The molecule has 38 heavy (non-hydrogen) atoms. The molecule has 2 aliphatic rings. The van der Waals surface area contributed by atoms with Crippen molar-refractivity contribution in [3.63, 3.8) is 0 Å². The van der Waals surface area contributed by atoms with Crippen LogP contribution >= 0.6 is 0 Å². The molecule has 0 aromatic heterocycles. The maximum Gasteiger partial charge on any atom is 0.328 e. The molecule has 3 rings (SSSR count). The lowest BCUT2D eigenvalue weighted by Crippen LogP contribution is -2.59. The summed E-state index contributed by atoms with van der Waals surface area (Å²) in [4.78, 5) is 47.3. The Kier molecular flexibility index (Phi) is 12.5. The Morgan fingerprint density at radius 2 is 1.61 bits per heavy atom. The molecule has 1 saturated carbocycles. The number of nitrogens with one attached hydrogen (secondary N) is 2. The minimum Gasteiger partial charge on any atom is -0.478 e. The average molecular weight is 527 g/mol. The number of carboxylic acid groups (broad SMARTS) is 2. The van der Waals surface area contributed by atoms with Crippen molar-refractivity contribution in [2.24, 2.45) is 0 Å². The second kappa shape index (κ2) is 15.5. The van der Waals surface area contributed by atoms with Crippen molar-refractivity contribution < 1.29 is 29.4 Å². The van der Waals surface area contributed by atoms with Crippen LogP contribution < -0.4 is 10.6 Å². The molecular weight excluding hydrogens is 488 g/mol. The molecule has 10 nitrogen and oxygen atoms in total. The van der Waals surface area contributed by atoms with E-state index in [1.54, 1.807) is 0 Å². The van der Waals surface area contributed by atoms with E-state index in [1.165, 1.54) is 18.5 Å². The molecule has 2 amide bonds. The summed E-state index contributed by atoms with van der Waals surface area (Å²) in [7, 11) is 0. The highest BCUT2D eigenvalue weighted by Crippen LogP contribution is 2.30. The number of nitrogens with zero attached hydrogens (tertiary/aromatic N) is 2. The molecule has 1 saturated heterocycles. The summed E-state index contributed by atoms with van der Waals surface area (Å²) in [6.45, 7) is 5.64. The highest BCUT2D eigenvalue weighted by atomic mass is 16.4. The van der Waals surface area contributed by atoms with Gasteiger partial charge in [-0.1, -0.05) is 38.3 Å². The van der Waals surface area contributed by atoms with E-state index in [4.69, 9.17) is 15.5 Å². The fourth-order valence-corrected chi connectivity index (χ4v) is 5.00. The Labute approximate surface area is 223 Å². The molecule has 1 heterocycles. The van der Waals surface area contributed by atoms with Crippen LogP contribution in [0.15, 0.2) is 36.4 Å². The SMILES string of the molecule is CCCN1CCC(c2ccc(C(=O)NC3(C(=O)NCC#N)CCCCC3)cc2)CC1.O=C(O)C=CC(=O)O. The van der Waals surface area contributed by atoms with Crippen molar-refractivity contribution >= 4 is 23.8 Å². The van der Waals surface area contributed by atoms with Gasteiger partial charge in [-0.15, -0.1) is 0 Å². The number of amides is 2. The van der Waals surface area contributed by atoms with Gasteiger partial charge in [0.25, 0.3) is 5.91 Å². The quantitative estimate of drug-likeness (QED) is 0.282. The van der Waals surface area contributed by atoms with Gasteiger partial charge in [0.05, 0.1) is 6.07 Å². The smallest absolute Gasteiger partial charge is 0.328 e. The number of hydrogen-bond donors (Lipinski definition) is 4. The van der Waals surface area contributed by atoms with E-state index in [0.717, 1.165) is 45.2 Å². The normalized spacial score (nSPS) is 17.5. The van der Waals surface area contributed by atoms with Crippen molar-refractivity contribution in [2.75, 3.05) is 26.2 Å². The predicted octanol–water partition coefficient (Wildman–Crippen LogP) is 3.06. The van der Waals surface area contributed by atoms with E-state index in [9.17, 15) is 19.2 Å². The van der Waals surface area contributed by atoms with Gasteiger partial charge in [-0.2, -0.15) is 5.26 Å².